The number of amides is 1. The number of nitrogens with zero attached hydrogens (tertiary/aromatic N) is 5. The van der Waals surface area contributed by atoms with Gasteiger partial charge in [-0.25, -0.2) is 4.98 Å². The first kappa shape index (κ1) is 14.7. The molecule has 0 aromatic carbocycles. The van der Waals surface area contributed by atoms with Crippen LogP contribution in [0.4, 0.5) is 5.82 Å². The summed E-state index contributed by atoms with van der Waals surface area (Å²) < 4.78 is 0. The highest BCUT2D eigenvalue weighted by Crippen LogP contribution is 2.19. The van der Waals surface area contributed by atoms with Gasteiger partial charge in [-0.2, -0.15) is 0 Å². The molecule has 1 amide bonds. The first-order chi connectivity index (χ1) is 10.6. The Hall–Kier alpha value is -2.18. The van der Waals surface area contributed by atoms with Gasteiger partial charge in [0.05, 0.1) is 11.9 Å². The maximum atomic E-state index is 12.5. The van der Waals surface area contributed by atoms with Crippen molar-refractivity contribution in [1.29, 1.82) is 0 Å². The Morgan fingerprint density at radius 2 is 2.05 bits per heavy atom. The van der Waals surface area contributed by atoms with Gasteiger partial charge >= 0.3 is 0 Å². The fourth-order valence-corrected chi connectivity index (χ4v) is 2.68. The van der Waals surface area contributed by atoms with Crippen LogP contribution in [0.2, 0.25) is 0 Å². The monoisotopic (exact) mass is 303 g/mol. The van der Waals surface area contributed by atoms with Gasteiger partial charge in [-0.1, -0.05) is 19.0 Å². The molecule has 0 N–H and O–H groups in total. The van der Waals surface area contributed by atoms with Crippen LogP contribution >= 0.6 is 0 Å². The molecule has 1 aromatic heterocycles. The highest BCUT2D eigenvalue weighted by molar-refractivity contribution is 5.93. The third-order valence-corrected chi connectivity index (χ3v) is 4.10. The third-order valence-electron chi connectivity index (χ3n) is 4.10. The van der Waals surface area contributed by atoms with Crippen LogP contribution in [0.15, 0.2) is 23.7 Å². The molecule has 3 heterocycles. The lowest BCUT2D eigenvalue weighted by Crippen LogP contribution is -2.51. The smallest absolute Gasteiger partial charge is 0.267 e. The second-order valence-electron chi connectivity index (χ2n) is 5.91. The van der Waals surface area contributed by atoms with Crippen LogP contribution in [0.3, 0.4) is 0 Å². The molecule has 0 unspecified atom stereocenters. The molecule has 1 aromatic rings. The number of hydrogen-bond donors (Lipinski definition) is 0. The van der Waals surface area contributed by atoms with Gasteiger partial charge in [0.15, 0.2) is 0 Å². The van der Waals surface area contributed by atoms with Crippen molar-refractivity contribution in [2.45, 2.75) is 26.4 Å². The lowest BCUT2D eigenvalue weighted by molar-refractivity contribution is -0.142. The molecule has 0 bridgehead atoms. The Morgan fingerprint density at radius 1 is 1.27 bits per heavy atom. The molecule has 1 atom stereocenters. The van der Waals surface area contributed by atoms with Gasteiger partial charge in [0.1, 0.15) is 5.82 Å². The van der Waals surface area contributed by atoms with Crippen molar-refractivity contribution in [3.8, 4) is 0 Å². The van der Waals surface area contributed by atoms with Crippen molar-refractivity contribution < 1.29 is 9.63 Å². The molecule has 7 heteroatoms. The van der Waals surface area contributed by atoms with E-state index in [-0.39, 0.29) is 5.91 Å². The Balaban J connectivity index is 1.53. The van der Waals surface area contributed by atoms with Crippen LogP contribution in [-0.2, 0) is 9.63 Å². The lowest BCUT2D eigenvalue weighted by atomic mass is 10.0. The Morgan fingerprint density at radius 3 is 2.64 bits per heavy atom. The number of anilines is 1. The van der Waals surface area contributed by atoms with Gasteiger partial charge in [-0.15, -0.1) is 0 Å². The standard InChI is InChI=1S/C15H21N5O2/c1-11(2)12-9-13(22-18-12)15(21)20-7-5-19(6-8-20)14-10-16-3-4-17-14/h3-4,10-11,13H,5-9H2,1-2H3/t13-/m1/s1. The summed E-state index contributed by atoms with van der Waals surface area (Å²) in [6.07, 6.45) is 5.26. The van der Waals surface area contributed by atoms with E-state index in [9.17, 15) is 4.79 Å². The van der Waals surface area contributed by atoms with Gasteiger partial charge in [-0.05, 0) is 5.92 Å². The number of hydrogen-bond acceptors (Lipinski definition) is 6. The zero-order valence-electron chi connectivity index (χ0n) is 13.0. The minimum atomic E-state index is -0.444. The van der Waals surface area contributed by atoms with E-state index in [2.05, 4.69) is 33.9 Å². The number of carbonyl (C=O) groups is 1. The average molecular weight is 303 g/mol. The summed E-state index contributed by atoms with van der Waals surface area (Å²) in [5.41, 5.74) is 0.969. The maximum Gasteiger partial charge on any atom is 0.267 e. The molecule has 0 radical (unpaired) electrons. The largest absolute Gasteiger partial charge is 0.382 e. The molecule has 1 fully saturated rings. The Bertz CT molecular complexity index is 552. The van der Waals surface area contributed by atoms with E-state index in [1.165, 1.54) is 0 Å². The summed E-state index contributed by atoms with van der Waals surface area (Å²) >= 11 is 0. The summed E-state index contributed by atoms with van der Waals surface area (Å²) in [5, 5.41) is 4.04. The van der Waals surface area contributed by atoms with Crippen molar-refractivity contribution in [3.63, 3.8) is 0 Å². The van der Waals surface area contributed by atoms with Gasteiger partial charge in [0.25, 0.3) is 5.91 Å². The minimum absolute atomic E-state index is 0.0400. The zero-order valence-corrected chi connectivity index (χ0v) is 13.0. The van der Waals surface area contributed by atoms with Crippen molar-refractivity contribution in [2.24, 2.45) is 11.1 Å². The molecule has 0 spiro atoms. The van der Waals surface area contributed by atoms with Crippen LogP contribution in [0.1, 0.15) is 20.3 Å². The fourth-order valence-electron chi connectivity index (χ4n) is 2.68. The Labute approximate surface area is 130 Å². The molecule has 2 aliphatic heterocycles. The zero-order chi connectivity index (χ0) is 15.5. The van der Waals surface area contributed by atoms with Crippen LogP contribution in [0.5, 0.6) is 0 Å². The van der Waals surface area contributed by atoms with Crippen LogP contribution in [0, 0.1) is 5.92 Å². The van der Waals surface area contributed by atoms with Gasteiger partial charge in [0.2, 0.25) is 6.10 Å². The summed E-state index contributed by atoms with van der Waals surface area (Å²) in [4.78, 5) is 30.2. The first-order valence-corrected chi connectivity index (χ1v) is 7.67. The highest BCUT2D eigenvalue weighted by atomic mass is 16.6. The van der Waals surface area contributed by atoms with Crippen molar-refractivity contribution in [2.75, 3.05) is 31.1 Å². The van der Waals surface area contributed by atoms with E-state index in [4.69, 9.17) is 4.84 Å². The second-order valence-corrected chi connectivity index (χ2v) is 5.91. The number of carbonyl (C=O) groups excluding carboxylic acids is 1. The summed E-state index contributed by atoms with van der Waals surface area (Å²) in [5.74, 6) is 1.22. The van der Waals surface area contributed by atoms with Crippen molar-refractivity contribution in [1.82, 2.24) is 14.9 Å². The van der Waals surface area contributed by atoms with Crippen LogP contribution < -0.4 is 4.90 Å². The van der Waals surface area contributed by atoms with Crippen molar-refractivity contribution in [3.05, 3.63) is 18.6 Å². The average Bonchev–Trinajstić information content (AvgIpc) is 3.05. The van der Waals surface area contributed by atoms with E-state index < -0.39 is 6.10 Å². The quantitative estimate of drug-likeness (QED) is 0.830. The number of piperazine rings is 1. The minimum Gasteiger partial charge on any atom is -0.382 e. The van der Waals surface area contributed by atoms with E-state index in [0.29, 0.717) is 25.4 Å². The first-order valence-electron chi connectivity index (χ1n) is 7.67. The normalized spacial score (nSPS) is 21.8. The molecule has 3 rings (SSSR count). The highest BCUT2D eigenvalue weighted by Gasteiger charge is 2.34. The van der Waals surface area contributed by atoms with E-state index in [0.717, 1.165) is 24.6 Å². The van der Waals surface area contributed by atoms with E-state index in [1.807, 2.05) is 4.90 Å². The van der Waals surface area contributed by atoms with Crippen molar-refractivity contribution >= 4 is 17.4 Å². The van der Waals surface area contributed by atoms with Gasteiger partial charge in [-0.3, -0.25) is 9.78 Å². The lowest BCUT2D eigenvalue weighted by Gasteiger charge is -2.35. The molecule has 118 valence electrons. The van der Waals surface area contributed by atoms with E-state index >= 15 is 0 Å². The third kappa shape index (κ3) is 3.03. The summed E-state index contributed by atoms with van der Waals surface area (Å²) in [6.45, 7) is 6.99. The molecule has 0 aliphatic carbocycles. The SMILES string of the molecule is CC(C)C1=NO[C@@H](C(=O)N2CCN(c3cnccn3)CC2)C1. The molecule has 7 nitrogen and oxygen atoms in total. The number of rotatable bonds is 3. The number of oxime groups is 1. The van der Waals surface area contributed by atoms with Gasteiger partial charge in [0, 0.05) is 45.0 Å². The van der Waals surface area contributed by atoms with E-state index in [1.54, 1.807) is 18.6 Å². The molecular formula is C15H21N5O2. The van der Waals surface area contributed by atoms with Crippen LogP contribution in [0.25, 0.3) is 0 Å². The molecule has 22 heavy (non-hydrogen) atoms. The molecule has 0 saturated carbocycles. The molecular weight excluding hydrogens is 282 g/mol. The summed E-state index contributed by atoms with van der Waals surface area (Å²) in [6, 6.07) is 0. The second kappa shape index (κ2) is 6.29. The Kier molecular flexibility index (Phi) is 4.22. The predicted octanol–water partition coefficient (Wildman–Crippen LogP) is 0.926. The maximum absolute atomic E-state index is 12.5. The molecule has 1 saturated heterocycles. The van der Waals surface area contributed by atoms with Gasteiger partial charge < -0.3 is 14.6 Å². The number of aromatic nitrogens is 2. The topological polar surface area (TPSA) is 70.9 Å². The molecule has 2 aliphatic rings. The predicted molar refractivity (Wildman–Crippen MR) is 82.6 cm³/mol. The fraction of sp³-hybridized carbons (Fsp3) is 0.600. The summed E-state index contributed by atoms with van der Waals surface area (Å²) in [7, 11) is 0. The van der Waals surface area contributed by atoms with Crippen LogP contribution in [-0.4, -0.2) is 58.8 Å².